The number of hydrogen-bond acceptors (Lipinski definition) is 9. The fraction of sp³-hybridized carbons (Fsp3) is 0.519. The number of rotatable bonds is 7. The first-order valence-corrected chi connectivity index (χ1v) is 12.6. The standard InChI is InChI=1S/C27H37NO9/c29-17-24(31)27-26(34)23(30)16-28(15-19-8-10-21(11-9-19)37-18-25(32)33)20-6-5-7-22(14-20)35-12-3-1-2-4-13-36-27/h5-11,14,23-24,26-27,29-31,34H,1-4,12-13,15-18H2,(H,32,33)/t23-,24-,26-,27-/m1/s1. The Labute approximate surface area is 216 Å². The van der Waals surface area contributed by atoms with Gasteiger partial charge < -0.3 is 44.6 Å². The van der Waals surface area contributed by atoms with E-state index in [4.69, 9.17) is 19.3 Å². The second-order valence-electron chi connectivity index (χ2n) is 9.11. The third-order valence-electron chi connectivity index (χ3n) is 6.16. The number of aliphatic carboxylic acids is 1. The topological polar surface area (TPSA) is 149 Å². The van der Waals surface area contributed by atoms with Crippen LogP contribution in [0.5, 0.6) is 11.5 Å². The summed E-state index contributed by atoms with van der Waals surface area (Å²) in [4.78, 5) is 12.6. The van der Waals surface area contributed by atoms with E-state index < -0.39 is 43.6 Å². The molecule has 1 aliphatic heterocycles. The first-order valence-electron chi connectivity index (χ1n) is 12.6. The Balaban J connectivity index is 1.84. The van der Waals surface area contributed by atoms with E-state index in [2.05, 4.69) is 0 Å². The second kappa shape index (κ2) is 14.7. The molecule has 1 heterocycles. The van der Waals surface area contributed by atoms with Crippen molar-refractivity contribution in [1.29, 1.82) is 0 Å². The third kappa shape index (κ3) is 9.17. The second-order valence-corrected chi connectivity index (χ2v) is 9.11. The molecule has 4 atom stereocenters. The van der Waals surface area contributed by atoms with Crippen LogP contribution < -0.4 is 14.4 Å². The number of nitrogens with zero attached hydrogens (tertiary/aromatic N) is 1. The lowest BCUT2D eigenvalue weighted by atomic mass is 10.0. The number of carboxylic acid groups (broad SMARTS) is 1. The lowest BCUT2D eigenvalue weighted by Crippen LogP contribution is -2.51. The van der Waals surface area contributed by atoms with Crippen LogP contribution in [0, 0.1) is 0 Å². The number of aliphatic hydroxyl groups excluding tert-OH is 4. The molecule has 0 amide bonds. The minimum Gasteiger partial charge on any atom is -0.494 e. The molecule has 10 nitrogen and oxygen atoms in total. The van der Waals surface area contributed by atoms with Crippen molar-refractivity contribution in [3.05, 3.63) is 54.1 Å². The molecular formula is C27H37NO9. The minimum atomic E-state index is -1.44. The van der Waals surface area contributed by atoms with Gasteiger partial charge in [0.2, 0.25) is 0 Å². The summed E-state index contributed by atoms with van der Waals surface area (Å²) in [6, 6.07) is 14.4. The predicted molar refractivity (Wildman–Crippen MR) is 136 cm³/mol. The summed E-state index contributed by atoms with van der Waals surface area (Å²) in [5.74, 6) is 0.0476. The molecule has 5 N–H and O–H groups in total. The molecule has 2 aromatic carbocycles. The molecule has 3 rings (SSSR count). The number of ether oxygens (including phenoxy) is 3. The Bertz CT molecular complexity index is 955. The lowest BCUT2D eigenvalue weighted by molar-refractivity contribution is -0.141. The Morgan fingerprint density at radius 3 is 2.49 bits per heavy atom. The van der Waals surface area contributed by atoms with E-state index in [1.54, 1.807) is 24.3 Å². The van der Waals surface area contributed by atoms with Gasteiger partial charge in [-0.15, -0.1) is 0 Å². The highest BCUT2D eigenvalue weighted by molar-refractivity contribution is 5.68. The van der Waals surface area contributed by atoms with Crippen molar-refractivity contribution >= 4 is 11.7 Å². The summed E-state index contributed by atoms with van der Waals surface area (Å²) in [6.45, 7) is 0.153. The maximum Gasteiger partial charge on any atom is 0.341 e. The number of benzene rings is 2. The average Bonchev–Trinajstić information content (AvgIpc) is 2.90. The van der Waals surface area contributed by atoms with E-state index in [0.717, 1.165) is 30.5 Å². The molecule has 0 aliphatic carbocycles. The van der Waals surface area contributed by atoms with Gasteiger partial charge in [-0.3, -0.25) is 0 Å². The van der Waals surface area contributed by atoms with E-state index in [1.165, 1.54) is 0 Å². The Morgan fingerprint density at radius 2 is 1.78 bits per heavy atom. The van der Waals surface area contributed by atoms with E-state index in [-0.39, 0.29) is 13.2 Å². The molecule has 2 aromatic rings. The summed E-state index contributed by atoms with van der Waals surface area (Å²) < 4.78 is 16.8. The summed E-state index contributed by atoms with van der Waals surface area (Å²) >= 11 is 0. The largest absolute Gasteiger partial charge is 0.494 e. The van der Waals surface area contributed by atoms with E-state index in [0.29, 0.717) is 31.1 Å². The molecule has 10 heteroatoms. The van der Waals surface area contributed by atoms with Crippen LogP contribution >= 0.6 is 0 Å². The van der Waals surface area contributed by atoms with E-state index in [9.17, 15) is 25.2 Å². The third-order valence-corrected chi connectivity index (χ3v) is 6.16. The van der Waals surface area contributed by atoms with Crippen molar-refractivity contribution in [2.45, 2.75) is 56.6 Å². The zero-order valence-corrected chi connectivity index (χ0v) is 20.8. The molecule has 0 unspecified atom stereocenters. The van der Waals surface area contributed by atoms with Crippen molar-refractivity contribution in [1.82, 2.24) is 0 Å². The normalized spacial score (nSPS) is 22.6. The van der Waals surface area contributed by atoms with E-state index in [1.807, 2.05) is 29.2 Å². The van der Waals surface area contributed by atoms with Crippen molar-refractivity contribution in [3.63, 3.8) is 0 Å². The van der Waals surface area contributed by atoms with Gasteiger partial charge in [0.15, 0.2) is 6.61 Å². The maximum atomic E-state index is 11.0. The number of anilines is 1. The van der Waals surface area contributed by atoms with Crippen LogP contribution in [-0.4, -0.2) is 88.9 Å². The monoisotopic (exact) mass is 519 g/mol. The molecule has 0 radical (unpaired) electrons. The molecule has 0 saturated heterocycles. The number of fused-ring (bicyclic) bond motifs is 2. The first-order chi connectivity index (χ1) is 17.9. The van der Waals surface area contributed by atoms with Gasteiger partial charge in [-0.1, -0.05) is 24.6 Å². The van der Waals surface area contributed by atoms with Gasteiger partial charge in [0.05, 0.1) is 19.3 Å². The number of aliphatic hydroxyl groups is 4. The highest BCUT2D eigenvalue weighted by Crippen LogP contribution is 2.25. The minimum absolute atomic E-state index is 0.000105. The van der Waals surface area contributed by atoms with Crippen LogP contribution in [0.2, 0.25) is 0 Å². The zero-order chi connectivity index (χ0) is 26.6. The van der Waals surface area contributed by atoms with Gasteiger partial charge in [0, 0.05) is 31.5 Å². The van der Waals surface area contributed by atoms with Gasteiger partial charge in [-0.2, -0.15) is 0 Å². The van der Waals surface area contributed by atoms with Crippen molar-refractivity contribution < 1.29 is 44.5 Å². The quantitative estimate of drug-likeness (QED) is 0.365. The van der Waals surface area contributed by atoms with Gasteiger partial charge in [-0.05, 0) is 49.1 Å². The molecule has 37 heavy (non-hydrogen) atoms. The summed E-state index contributed by atoms with van der Waals surface area (Å²) in [7, 11) is 0. The Kier molecular flexibility index (Phi) is 11.4. The number of carboxylic acids is 1. The van der Waals surface area contributed by atoms with Crippen molar-refractivity contribution in [2.24, 2.45) is 0 Å². The summed E-state index contributed by atoms with van der Waals surface area (Å²) in [5.41, 5.74) is 1.61. The Hall–Kier alpha value is -2.89. The van der Waals surface area contributed by atoms with Gasteiger partial charge in [-0.25, -0.2) is 4.79 Å². The van der Waals surface area contributed by atoms with Crippen LogP contribution in [-0.2, 0) is 16.1 Å². The average molecular weight is 520 g/mol. The smallest absolute Gasteiger partial charge is 0.341 e. The fourth-order valence-electron chi connectivity index (χ4n) is 4.15. The van der Waals surface area contributed by atoms with Crippen LogP contribution in [0.15, 0.2) is 48.5 Å². The van der Waals surface area contributed by atoms with Crippen molar-refractivity contribution in [2.75, 3.05) is 37.9 Å². The number of hydrogen-bond donors (Lipinski definition) is 5. The molecular weight excluding hydrogens is 482 g/mol. The van der Waals surface area contributed by atoms with Crippen LogP contribution in [0.4, 0.5) is 5.69 Å². The molecule has 0 aromatic heterocycles. The van der Waals surface area contributed by atoms with Gasteiger partial charge in [0.1, 0.15) is 29.8 Å². The highest BCUT2D eigenvalue weighted by Gasteiger charge is 2.33. The predicted octanol–water partition coefficient (Wildman–Crippen LogP) is 1.57. The summed E-state index contributed by atoms with van der Waals surface area (Å²) in [6.07, 6.45) is -1.83. The highest BCUT2D eigenvalue weighted by atomic mass is 16.5. The number of carbonyl (C=O) groups is 1. The van der Waals surface area contributed by atoms with Crippen LogP contribution in [0.25, 0.3) is 0 Å². The number of β-amino-alcohol motifs (C(OH)–C–C–N with tert-alkyl or cyclic N) is 1. The lowest BCUT2D eigenvalue weighted by Gasteiger charge is -2.34. The van der Waals surface area contributed by atoms with Crippen LogP contribution in [0.3, 0.4) is 0 Å². The molecule has 1 aliphatic rings. The van der Waals surface area contributed by atoms with Gasteiger partial charge in [0.25, 0.3) is 0 Å². The van der Waals surface area contributed by atoms with E-state index >= 15 is 0 Å². The Morgan fingerprint density at radius 1 is 1.05 bits per heavy atom. The maximum absolute atomic E-state index is 11.0. The first kappa shape index (κ1) is 28.7. The fourth-order valence-corrected chi connectivity index (χ4v) is 4.15. The summed E-state index contributed by atoms with van der Waals surface area (Å²) in [5, 5.41) is 50.4. The molecule has 0 spiro atoms. The van der Waals surface area contributed by atoms with Gasteiger partial charge >= 0.3 is 5.97 Å². The SMILES string of the molecule is O=C(O)COc1ccc(CN2C[C@@H](O)[C@@H](O)[C@@H]([C@H](O)CO)OCCCCCCOc3cccc2c3)cc1. The molecule has 0 fully saturated rings. The molecule has 0 saturated carbocycles. The zero-order valence-electron chi connectivity index (χ0n) is 20.8. The van der Waals surface area contributed by atoms with Crippen LogP contribution in [0.1, 0.15) is 31.2 Å². The molecule has 2 bridgehead atoms. The van der Waals surface area contributed by atoms with Crippen molar-refractivity contribution in [3.8, 4) is 11.5 Å². The molecule has 204 valence electrons.